The van der Waals surface area contributed by atoms with Gasteiger partial charge in [-0.2, -0.15) is 13.2 Å². The molecule has 0 aromatic heterocycles. The molecule has 1 heterocycles. The highest BCUT2D eigenvalue weighted by Gasteiger charge is 2.54. The molecule has 0 spiro atoms. The molecule has 132 valence electrons. The first-order valence-corrected chi connectivity index (χ1v) is 7.54. The number of hydrogen-bond acceptors (Lipinski definition) is 3. The van der Waals surface area contributed by atoms with E-state index in [9.17, 15) is 27.9 Å². The van der Waals surface area contributed by atoms with Crippen LogP contribution in [0.2, 0.25) is 0 Å². The van der Waals surface area contributed by atoms with Gasteiger partial charge in [0.2, 0.25) is 11.8 Å². The Kier molecular flexibility index (Phi) is 5.17. The maximum absolute atomic E-state index is 12.7. The fourth-order valence-corrected chi connectivity index (χ4v) is 2.61. The lowest BCUT2D eigenvalue weighted by molar-refractivity contribution is -0.272. The van der Waals surface area contributed by atoms with Crippen LogP contribution in [0.15, 0.2) is 24.3 Å². The zero-order chi connectivity index (χ0) is 18.0. The van der Waals surface area contributed by atoms with Crippen LogP contribution in [0.3, 0.4) is 0 Å². The van der Waals surface area contributed by atoms with E-state index in [0.717, 1.165) is 0 Å². The molecule has 8 heteroatoms. The van der Waals surface area contributed by atoms with Gasteiger partial charge in [0.05, 0.1) is 6.42 Å². The van der Waals surface area contributed by atoms with Crippen LogP contribution in [-0.4, -0.2) is 46.7 Å². The van der Waals surface area contributed by atoms with Gasteiger partial charge in [0.1, 0.15) is 0 Å². The van der Waals surface area contributed by atoms with E-state index in [0.29, 0.717) is 11.3 Å². The maximum Gasteiger partial charge on any atom is 0.417 e. The Hall–Kier alpha value is -2.09. The Balaban J connectivity index is 1.91. The average Bonchev–Trinajstić information content (AvgIpc) is 2.48. The Bertz CT molecular complexity index is 606. The first-order chi connectivity index (χ1) is 11.1. The Morgan fingerprint density at radius 3 is 2.21 bits per heavy atom. The van der Waals surface area contributed by atoms with Crippen LogP contribution in [0, 0.1) is 0 Å². The molecule has 2 rings (SSSR count). The van der Waals surface area contributed by atoms with E-state index >= 15 is 0 Å². The number of rotatable bonds is 3. The lowest BCUT2D eigenvalue weighted by Gasteiger charge is -2.39. The number of halogens is 3. The molecule has 0 atom stereocenters. The molecule has 0 aliphatic carbocycles. The number of anilines is 1. The van der Waals surface area contributed by atoms with Crippen LogP contribution in [0.25, 0.3) is 0 Å². The van der Waals surface area contributed by atoms with Crippen molar-refractivity contribution in [2.24, 2.45) is 0 Å². The van der Waals surface area contributed by atoms with Crippen LogP contribution in [0.1, 0.15) is 25.3 Å². The van der Waals surface area contributed by atoms with Crippen molar-refractivity contribution < 1.29 is 27.9 Å². The summed E-state index contributed by atoms with van der Waals surface area (Å²) in [5.41, 5.74) is -1.40. The van der Waals surface area contributed by atoms with Gasteiger partial charge in [-0.25, -0.2) is 0 Å². The van der Waals surface area contributed by atoms with Gasteiger partial charge in [-0.3, -0.25) is 9.59 Å². The highest BCUT2D eigenvalue weighted by molar-refractivity contribution is 5.88. The van der Waals surface area contributed by atoms with E-state index in [1.807, 2.05) is 0 Å². The second-order valence-corrected chi connectivity index (χ2v) is 5.97. The highest BCUT2D eigenvalue weighted by atomic mass is 19.4. The molecule has 0 bridgehead atoms. The van der Waals surface area contributed by atoms with Crippen LogP contribution in [0.4, 0.5) is 18.9 Å². The highest BCUT2D eigenvalue weighted by Crippen LogP contribution is 2.38. The number of carbonyl (C=O) groups excluding carboxylic acids is 2. The second-order valence-electron chi connectivity index (χ2n) is 5.97. The zero-order valence-corrected chi connectivity index (χ0v) is 13.2. The predicted molar refractivity (Wildman–Crippen MR) is 81.3 cm³/mol. The summed E-state index contributed by atoms with van der Waals surface area (Å²) in [4.78, 5) is 24.5. The summed E-state index contributed by atoms with van der Waals surface area (Å²) in [5.74, 6) is -0.490. The molecule has 1 fully saturated rings. The molecule has 24 heavy (non-hydrogen) atoms. The minimum absolute atomic E-state index is 0.0603. The van der Waals surface area contributed by atoms with Gasteiger partial charge in [-0.1, -0.05) is 12.1 Å². The molecule has 2 N–H and O–H groups in total. The predicted octanol–water partition coefficient (Wildman–Crippen LogP) is 2.10. The number of carbonyl (C=O) groups is 2. The molecule has 0 unspecified atom stereocenters. The molecule has 5 nitrogen and oxygen atoms in total. The lowest BCUT2D eigenvalue weighted by Crippen LogP contribution is -2.54. The third-order valence-electron chi connectivity index (χ3n) is 4.10. The van der Waals surface area contributed by atoms with Crippen LogP contribution < -0.4 is 5.32 Å². The Morgan fingerprint density at radius 2 is 1.75 bits per heavy atom. The monoisotopic (exact) mass is 344 g/mol. The molecule has 0 radical (unpaired) electrons. The summed E-state index contributed by atoms with van der Waals surface area (Å²) in [6, 6.07) is 6.67. The van der Waals surface area contributed by atoms with E-state index in [1.165, 1.54) is 11.8 Å². The topological polar surface area (TPSA) is 69.6 Å². The van der Waals surface area contributed by atoms with Gasteiger partial charge in [-0.15, -0.1) is 0 Å². The summed E-state index contributed by atoms with van der Waals surface area (Å²) in [5, 5.41) is 12.2. The number of likely N-dealkylation sites (tertiary alicyclic amines) is 1. The minimum atomic E-state index is -4.68. The zero-order valence-electron chi connectivity index (χ0n) is 13.2. The van der Waals surface area contributed by atoms with Crippen molar-refractivity contribution in [1.82, 2.24) is 4.90 Å². The van der Waals surface area contributed by atoms with Crippen molar-refractivity contribution in [1.29, 1.82) is 0 Å². The molecule has 1 aromatic carbocycles. The minimum Gasteiger partial charge on any atom is -0.380 e. The quantitative estimate of drug-likeness (QED) is 0.882. The van der Waals surface area contributed by atoms with Gasteiger partial charge in [0.25, 0.3) is 0 Å². The van der Waals surface area contributed by atoms with Crippen molar-refractivity contribution in [2.45, 2.75) is 38.0 Å². The molecular formula is C16H19F3N2O3. The Labute approximate surface area is 137 Å². The number of hydrogen-bond donors (Lipinski definition) is 2. The molecule has 1 aliphatic heterocycles. The van der Waals surface area contributed by atoms with Gasteiger partial charge < -0.3 is 15.3 Å². The van der Waals surface area contributed by atoms with Gasteiger partial charge in [-0.05, 0) is 17.7 Å². The third-order valence-corrected chi connectivity index (χ3v) is 4.10. The first kappa shape index (κ1) is 18.3. The molecule has 1 aromatic rings. The summed E-state index contributed by atoms with van der Waals surface area (Å²) in [6.07, 6.45) is -5.64. The van der Waals surface area contributed by atoms with Gasteiger partial charge in [0.15, 0.2) is 5.60 Å². The fourth-order valence-electron chi connectivity index (χ4n) is 2.61. The summed E-state index contributed by atoms with van der Waals surface area (Å²) >= 11 is 0. The number of piperidine rings is 1. The molecule has 1 saturated heterocycles. The lowest BCUT2D eigenvalue weighted by atomic mass is 9.90. The van der Waals surface area contributed by atoms with Gasteiger partial charge >= 0.3 is 6.18 Å². The molecule has 2 amide bonds. The standard InChI is InChI=1S/C16H19F3N2O3/c1-11(22)20-13-4-2-12(3-5-13)10-14(23)21-8-6-15(24,7-9-21)16(17,18)19/h2-5,24H,6-10H2,1H3,(H,20,22). The smallest absolute Gasteiger partial charge is 0.380 e. The molecule has 0 saturated carbocycles. The van der Waals surface area contributed by atoms with Crippen LogP contribution in [-0.2, 0) is 16.0 Å². The summed E-state index contributed by atoms with van der Waals surface area (Å²) in [6.45, 7) is 1.13. The van der Waals surface area contributed by atoms with E-state index in [-0.39, 0.29) is 31.3 Å². The number of alkyl halides is 3. The fraction of sp³-hybridized carbons (Fsp3) is 0.500. The van der Waals surface area contributed by atoms with E-state index < -0.39 is 24.6 Å². The van der Waals surface area contributed by atoms with E-state index in [4.69, 9.17) is 0 Å². The van der Waals surface area contributed by atoms with Crippen molar-refractivity contribution in [3.05, 3.63) is 29.8 Å². The van der Waals surface area contributed by atoms with E-state index in [1.54, 1.807) is 24.3 Å². The van der Waals surface area contributed by atoms with E-state index in [2.05, 4.69) is 5.32 Å². The van der Waals surface area contributed by atoms with Crippen LogP contribution >= 0.6 is 0 Å². The number of nitrogens with zero attached hydrogens (tertiary/aromatic N) is 1. The summed E-state index contributed by atoms with van der Waals surface area (Å²) < 4.78 is 38.2. The molecular weight excluding hydrogens is 325 g/mol. The maximum atomic E-state index is 12.7. The first-order valence-electron chi connectivity index (χ1n) is 7.54. The molecule has 1 aliphatic rings. The largest absolute Gasteiger partial charge is 0.417 e. The Morgan fingerprint density at radius 1 is 1.21 bits per heavy atom. The number of nitrogens with one attached hydrogen (secondary N) is 1. The van der Waals surface area contributed by atoms with Crippen LogP contribution in [0.5, 0.6) is 0 Å². The number of benzene rings is 1. The second kappa shape index (κ2) is 6.80. The van der Waals surface area contributed by atoms with Gasteiger partial charge in [0, 0.05) is 38.5 Å². The normalized spacial score (nSPS) is 17.5. The van der Waals surface area contributed by atoms with Crippen molar-refractivity contribution >= 4 is 17.5 Å². The number of aliphatic hydroxyl groups is 1. The third kappa shape index (κ3) is 4.25. The summed E-state index contributed by atoms with van der Waals surface area (Å²) in [7, 11) is 0. The van der Waals surface area contributed by atoms with Crippen molar-refractivity contribution in [3.63, 3.8) is 0 Å². The average molecular weight is 344 g/mol. The van der Waals surface area contributed by atoms with Crippen molar-refractivity contribution in [2.75, 3.05) is 18.4 Å². The SMILES string of the molecule is CC(=O)Nc1ccc(CC(=O)N2CCC(O)(C(F)(F)F)CC2)cc1. The number of amides is 2. The van der Waals surface area contributed by atoms with Crippen molar-refractivity contribution in [3.8, 4) is 0 Å².